The third-order valence-corrected chi connectivity index (χ3v) is 2.78. The van der Waals surface area contributed by atoms with Gasteiger partial charge in [0.05, 0.1) is 22.5 Å². The van der Waals surface area contributed by atoms with E-state index in [0.717, 1.165) is 0 Å². The lowest BCUT2D eigenvalue weighted by atomic mass is 10.1. The summed E-state index contributed by atoms with van der Waals surface area (Å²) in [5, 5.41) is 20.8. The molecule has 0 aliphatic rings. The van der Waals surface area contributed by atoms with E-state index < -0.39 is 11.9 Å². The number of amides is 1. The average Bonchev–Trinajstić information content (AvgIpc) is 2.38. The van der Waals surface area contributed by atoms with Crippen LogP contribution in [-0.4, -0.2) is 27.1 Å². The van der Waals surface area contributed by atoms with Crippen LogP contribution in [0.3, 0.4) is 0 Å². The molecular formula is C13H9ClN2O4. The number of hydrogen-bond acceptors (Lipinski definition) is 4. The van der Waals surface area contributed by atoms with Crippen molar-refractivity contribution < 1.29 is 19.8 Å². The summed E-state index contributed by atoms with van der Waals surface area (Å²) in [7, 11) is 0. The zero-order valence-electron chi connectivity index (χ0n) is 10.0. The van der Waals surface area contributed by atoms with Gasteiger partial charge < -0.3 is 15.5 Å². The molecule has 1 aromatic heterocycles. The smallest absolute Gasteiger partial charge is 0.339 e. The zero-order chi connectivity index (χ0) is 14.7. The van der Waals surface area contributed by atoms with Gasteiger partial charge >= 0.3 is 5.97 Å². The van der Waals surface area contributed by atoms with E-state index in [1.165, 1.54) is 36.7 Å². The van der Waals surface area contributed by atoms with Crippen molar-refractivity contribution in [1.29, 1.82) is 0 Å². The number of carboxylic acids is 1. The van der Waals surface area contributed by atoms with Crippen molar-refractivity contribution in [2.75, 3.05) is 5.32 Å². The first kappa shape index (κ1) is 13.8. The molecule has 0 aliphatic heterocycles. The van der Waals surface area contributed by atoms with Crippen LogP contribution >= 0.6 is 11.6 Å². The van der Waals surface area contributed by atoms with Crippen molar-refractivity contribution >= 4 is 29.2 Å². The van der Waals surface area contributed by atoms with Crippen LogP contribution in [0.2, 0.25) is 5.02 Å². The number of carboxylic acid groups (broad SMARTS) is 1. The fourth-order valence-electron chi connectivity index (χ4n) is 1.59. The zero-order valence-corrected chi connectivity index (χ0v) is 10.8. The van der Waals surface area contributed by atoms with E-state index >= 15 is 0 Å². The highest BCUT2D eigenvalue weighted by molar-refractivity contribution is 6.34. The number of benzene rings is 1. The number of rotatable bonds is 3. The van der Waals surface area contributed by atoms with Gasteiger partial charge in [0.1, 0.15) is 11.3 Å². The number of anilines is 1. The second-order valence-corrected chi connectivity index (χ2v) is 4.26. The Morgan fingerprint density at radius 1 is 1.25 bits per heavy atom. The summed E-state index contributed by atoms with van der Waals surface area (Å²) in [6.45, 7) is 0. The minimum Gasteiger partial charge on any atom is -0.506 e. The largest absolute Gasteiger partial charge is 0.506 e. The summed E-state index contributed by atoms with van der Waals surface area (Å²) in [5.41, 5.74) is -0.0321. The molecule has 1 aromatic carbocycles. The molecule has 0 saturated carbocycles. The molecule has 6 nitrogen and oxygen atoms in total. The number of aromatic nitrogens is 1. The Bertz CT molecular complexity index is 688. The molecule has 0 bridgehead atoms. The van der Waals surface area contributed by atoms with E-state index in [9.17, 15) is 14.7 Å². The first-order valence-corrected chi connectivity index (χ1v) is 5.84. The van der Waals surface area contributed by atoms with Gasteiger partial charge in [-0.2, -0.15) is 0 Å². The number of nitrogens with one attached hydrogen (secondary N) is 1. The summed E-state index contributed by atoms with van der Waals surface area (Å²) in [4.78, 5) is 26.7. The predicted molar refractivity (Wildman–Crippen MR) is 72.3 cm³/mol. The number of carbonyl (C=O) groups excluding carboxylic acids is 1. The fourth-order valence-corrected chi connectivity index (χ4v) is 1.85. The number of aromatic carboxylic acids is 1. The molecule has 1 amide bonds. The van der Waals surface area contributed by atoms with Crippen LogP contribution in [-0.2, 0) is 0 Å². The van der Waals surface area contributed by atoms with E-state index in [2.05, 4.69) is 10.3 Å². The number of pyridine rings is 1. The summed E-state index contributed by atoms with van der Waals surface area (Å²) >= 11 is 5.79. The number of aromatic hydroxyl groups is 1. The quantitative estimate of drug-likeness (QED) is 0.806. The van der Waals surface area contributed by atoms with Crippen molar-refractivity contribution in [3.63, 3.8) is 0 Å². The van der Waals surface area contributed by atoms with Crippen LogP contribution in [0.25, 0.3) is 0 Å². The first-order valence-electron chi connectivity index (χ1n) is 5.46. The van der Waals surface area contributed by atoms with Crippen molar-refractivity contribution in [2.45, 2.75) is 0 Å². The first-order chi connectivity index (χ1) is 9.49. The lowest BCUT2D eigenvalue weighted by Gasteiger charge is -2.09. The van der Waals surface area contributed by atoms with E-state index in [1.54, 1.807) is 0 Å². The Hall–Kier alpha value is -2.60. The Morgan fingerprint density at radius 2 is 2.00 bits per heavy atom. The Kier molecular flexibility index (Phi) is 3.86. The van der Waals surface area contributed by atoms with Gasteiger partial charge in [-0.3, -0.25) is 9.78 Å². The highest BCUT2D eigenvalue weighted by Gasteiger charge is 2.17. The van der Waals surface area contributed by atoms with Crippen molar-refractivity contribution in [1.82, 2.24) is 4.98 Å². The number of carbonyl (C=O) groups is 2. The summed E-state index contributed by atoms with van der Waals surface area (Å²) in [6.07, 6.45) is 2.43. The average molecular weight is 293 g/mol. The molecule has 0 radical (unpaired) electrons. The topological polar surface area (TPSA) is 99.5 Å². The molecule has 2 aromatic rings. The van der Waals surface area contributed by atoms with Crippen LogP contribution < -0.4 is 5.32 Å². The van der Waals surface area contributed by atoms with E-state index in [-0.39, 0.29) is 27.6 Å². The molecule has 1 heterocycles. The van der Waals surface area contributed by atoms with E-state index in [0.29, 0.717) is 0 Å². The second-order valence-electron chi connectivity index (χ2n) is 3.85. The lowest BCUT2D eigenvalue weighted by molar-refractivity contribution is 0.0698. The Labute approximate surface area is 118 Å². The van der Waals surface area contributed by atoms with Gasteiger partial charge in [0.15, 0.2) is 0 Å². The molecule has 7 heteroatoms. The minimum absolute atomic E-state index is 0.0179. The van der Waals surface area contributed by atoms with Crippen LogP contribution in [0.4, 0.5) is 5.69 Å². The fraction of sp³-hybridized carbons (Fsp3) is 0. The maximum Gasteiger partial charge on any atom is 0.339 e. The summed E-state index contributed by atoms with van der Waals surface area (Å²) < 4.78 is 0. The van der Waals surface area contributed by atoms with Crippen molar-refractivity contribution in [3.05, 3.63) is 52.8 Å². The van der Waals surface area contributed by atoms with Crippen molar-refractivity contribution in [2.24, 2.45) is 0 Å². The lowest BCUT2D eigenvalue weighted by Crippen LogP contribution is -2.15. The maximum atomic E-state index is 12.0. The molecule has 20 heavy (non-hydrogen) atoms. The predicted octanol–water partition coefficient (Wildman–Crippen LogP) is 2.39. The molecule has 0 unspecified atom stereocenters. The molecule has 3 N–H and O–H groups in total. The van der Waals surface area contributed by atoms with E-state index in [4.69, 9.17) is 16.7 Å². The molecular weight excluding hydrogens is 284 g/mol. The molecule has 0 spiro atoms. The number of hydrogen-bond donors (Lipinski definition) is 3. The van der Waals surface area contributed by atoms with Crippen molar-refractivity contribution in [3.8, 4) is 5.75 Å². The summed E-state index contributed by atoms with van der Waals surface area (Å²) in [6, 6.07) is 5.57. The van der Waals surface area contributed by atoms with Crippen LogP contribution in [0.5, 0.6) is 5.75 Å². The molecule has 0 aliphatic carbocycles. The Balaban J connectivity index is 2.33. The second kappa shape index (κ2) is 5.58. The molecule has 0 fully saturated rings. The monoisotopic (exact) mass is 292 g/mol. The molecule has 2 rings (SSSR count). The van der Waals surface area contributed by atoms with Crippen LogP contribution in [0.15, 0.2) is 36.7 Å². The van der Waals surface area contributed by atoms with Gasteiger partial charge in [-0.15, -0.1) is 0 Å². The molecule has 102 valence electrons. The van der Waals surface area contributed by atoms with Gasteiger partial charge in [0, 0.05) is 6.20 Å². The van der Waals surface area contributed by atoms with Crippen LogP contribution in [0, 0.1) is 0 Å². The highest BCUT2D eigenvalue weighted by atomic mass is 35.5. The SMILES string of the molecule is O=C(Nc1cccc(Cl)c1C(=O)O)c1cncc(O)c1. The third-order valence-electron chi connectivity index (χ3n) is 2.46. The van der Waals surface area contributed by atoms with Gasteiger partial charge in [0.2, 0.25) is 0 Å². The molecule has 0 saturated heterocycles. The normalized spacial score (nSPS) is 10.1. The Morgan fingerprint density at radius 3 is 2.65 bits per heavy atom. The number of halogens is 1. The van der Waals surface area contributed by atoms with Gasteiger partial charge in [-0.25, -0.2) is 4.79 Å². The van der Waals surface area contributed by atoms with E-state index in [1.807, 2.05) is 0 Å². The maximum absolute atomic E-state index is 12.0. The third kappa shape index (κ3) is 2.86. The standard InChI is InChI=1S/C13H9ClN2O4/c14-9-2-1-3-10(11(9)13(19)20)16-12(18)7-4-8(17)6-15-5-7/h1-6,17H,(H,16,18)(H,19,20). The van der Waals surface area contributed by atoms with Crippen LogP contribution in [0.1, 0.15) is 20.7 Å². The van der Waals surface area contributed by atoms with Gasteiger partial charge in [-0.05, 0) is 18.2 Å². The molecule has 0 atom stereocenters. The van der Waals surface area contributed by atoms with Gasteiger partial charge in [-0.1, -0.05) is 17.7 Å². The summed E-state index contributed by atoms with van der Waals surface area (Å²) in [5.74, 6) is -2.01. The highest BCUT2D eigenvalue weighted by Crippen LogP contribution is 2.25. The minimum atomic E-state index is -1.25. The van der Waals surface area contributed by atoms with Gasteiger partial charge in [0.25, 0.3) is 5.91 Å². The number of nitrogens with zero attached hydrogens (tertiary/aromatic N) is 1.